The van der Waals surface area contributed by atoms with Gasteiger partial charge in [0.1, 0.15) is 17.3 Å². The summed E-state index contributed by atoms with van der Waals surface area (Å²) < 4.78 is 25.3. The van der Waals surface area contributed by atoms with Gasteiger partial charge in [-0.2, -0.15) is 27.0 Å². The lowest BCUT2D eigenvalue weighted by Crippen LogP contribution is -2.75. The van der Waals surface area contributed by atoms with E-state index in [9.17, 15) is 14.4 Å². The van der Waals surface area contributed by atoms with Gasteiger partial charge in [0.05, 0.1) is 10.7 Å². The second kappa shape index (κ2) is 13.4. The average molecular weight is 571 g/mol. The lowest BCUT2D eigenvalue weighted by Gasteiger charge is -2.45. The summed E-state index contributed by atoms with van der Waals surface area (Å²) in [6, 6.07) is -0.851. The number of hydrogen-bond donors (Lipinski definition) is 3. The van der Waals surface area contributed by atoms with E-state index in [1.165, 1.54) is 23.6 Å². The number of rotatable bonds is 7. The van der Waals surface area contributed by atoms with Crippen molar-refractivity contribution in [2.75, 3.05) is 12.3 Å². The van der Waals surface area contributed by atoms with Crippen molar-refractivity contribution in [3.05, 3.63) is 27.2 Å². The van der Waals surface area contributed by atoms with Gasteiger partial charge in [-0.05, 0) is 20.8 Å². The van der Waals surface area contributed by atoms with Gasteiger partial charge in [0.15, 0.2) is 23.2 Å². The number of aromatic nitrogens is 2. The quantitative estimate of drug-likeness (QED) is 0.222. The fraction of sp³-hybridized carbons (Fsp3) is 0.375. The standard InChI is InChI=1S/C16H18N6O4S2.O3S.2H2S/c1-7(23)4-26-22-11(9-5-28-15(17)19-9)13(24)20-12-14(25)21-16(12,3)10-6-27-8(2)18-10;1-4(2)3;;/h5-6,12H,4H2,1-3H3,(H2,17,19)(H,20,24)(H,21,25);;2*1H2/b22-11+;;;/t12-,16-;;;/m1.../s1. The Bertz CT molecular complexity index is 1170. The minimum absolute atomic E-state index is 0. The van der Waals surface area contributed by atoms with Crippen LogP contribution in [-0.4, -0.2) is 58.6 Å². The first-order valence-electron chi connectivity index (χ1n) is 8.67. The highest BCUT2D eigenvalue weighted by Gasteiger charge is 2.53. The SMILES string of the molecule is CC(=O)CO/N=C(/C(=O)N[C@@H]1C(=O)N[C@]1(C)c1csc(C)n1)c1csc(N)n1.O=S(=O)=O.S.S. The highest BCUT2D eigenvalue weighted by Crippen LogP contribution is 2.32. The van der Waals surface area contributed by atoms with Crippen molar-refractivity contribution in [3.63, 3.8) is 0 Å². The van der Waals surface area contributed by atoms with E-state index < -0.39 is 28.1 Å². The molecule has 0 unspecified atom stereocenters. The molecule has 0 spiro atoms. The Kier molecular flexibility index (Phi) is 12.4. The van der Waals surface area contributed by atoms with Crippen LogP contribution in [0.5, 0.6) is 0 Å². The molecule has 13 nitrogen and oxygen atoms in total. The molecule has 0 aliphatic carbocycles. The van der Waals surface area contributed by atoms with Crippen molar-refractivity contribution < 1.29 is 31.8 Å². The zero-order chi connectivity index (χ0) is 24.1. The van der Waals surface area contributed by atoms with Crippen molar-refractivity contribution >= 4 is 88.7 Å². The van der Waals surface area contributed by atoms with Gasteiger partial charge in [0, 0.05) is 10.8 Å². The molecule has 0 aromatic carbocycles. The maximum atomic E-state index is 12.8. The molecule has 2 atom stereocenters. The smallest absolute Gasteiger partial charge is 0.387 e. The molecule has 3 rings (SSSR count). The number of nitrogens with two attached hydrogens (primary N) is 1. The zero-order valence-electron chi connectivity index (χ0n) is 17.9. The topological polar surface area (TPSA) is 200 Å². The molecular weight excluding hydrogens is 549 g/mol. The molecule has 4 N–H and O–H groups in total. The van der Waals surface area contributed by atoms with Crippen molar-refractivity contribution in [1.29, 1.82) is 0 Å². The minimum Gasteiger partial charge on any atom is -0.387 e. The van der Waals surface area contributed by atoms with E-state index in [2.05, 4.69) is 25.8 Å². The van der Waals surface area contributed by atoms with Gasteiger partial charge >= 0.3 is 10.6 Å². The first-order chi connectivity index (χ1) is 14.9. The first kappa shape index (κ1) is 31.5. The predicted molar refractivity (Wildman–Crippen MR) is 134 cm³/mol. The molecule has 0 bridgehead atoms. The molecule has 1 fully saturated rings. The summed E-state index contributed by atoms with van der Waals surface area (Å²) in [5, 5.41) is 13.6. The van der Waals surface area contributed by atoms with Crippen molar-refractivity contribution in [2.24, 2.45) is 5.16 Å². The molecule has 2 amide bonds. The molecule has 0 saturated carbocycles. The van der Waals surface area contributed by atoms with Gasteiger partial charge in [-0.15, -0.1) is 35.3 Å². The average Bonchev–Trinajstić information content (AvgIpc) is 3.31. The maximum Gasteiger partial charge on any atom is 0.425 e. The molecule has 34 heavy (non-hydrogen) atoms. The fourth-order valence-corrected chi connectivity index (χ4v) is 3.88. The van der Waals surface area contributed by atoms with E-state index >= 15 is 0 Å². The second-order valence-electron chi connectivity index (χ2n) is 6.54. The molecule has 3 heterocycles. The first-order valence-corrected chi connectivity index (χ1v) is 11.4. The molecule has 1 aliphatic heterocycles. The van der Waals surface area contributed by atoms with Gasteiger partial charge in [-0.3, -0.25) is 14.4 Å². The normalized spacial score (nSPS) is 18.5. The number of thiazole rings is 2. The van der Waals surface area contributed by atoms with Crippen LogP contribution in [0.4, 0.5) is 5.13 Å². The summed E-state index contributed by atoms with van der Waals surface area (Å²) in [5.74, 6) is -1.28. The van der Waals surface area contributed by atoms with Crippen LogP contribution >= 0.6 is 49.7 Å². The van der Waals surface area contributed by atoms with Gasteiger partial charge in [-0.1, -0.05) is 5.16 Å². The molecule has 0 radical (unpaired) electrons. The number of carbonyl (C=O) groups excluding carboxylic acids is 3. The van der Waals surface area contributed by atoms with Crippen LogP contribution in [0.3, 0.4) is 0 Å². The number of carbonyl (C=O) groups is 3. The van der Waals surface area contributed by atoms with Crippen LogP contribution in [0, 0.1) is 6.92 Å². The third-order valence-corrected chi connectivity index (χ3v) is 5.50. The maximum absolute atomic E-state index is 12.8. The summed E-state index contributed by atoms with van der Waals surface area (Å²) in [4.78, 5) is 49.4. The molecule has 18 heteroatoms. The minimum atomic E-state index is -3.11. The number of ketones is 1. The molecular formula is C16H22N6O7S5. The van der Waals surface area contributed by atoms with Crippen LogP contribution in [0.2, 0.25) is 0 Å². The number of anilines is 1. The predicted octanol–water partition coefficient (Wildman–Crippen LogP) is -0.449. The van der Waals surface area contributed by atoms with Gasteiger partial charge < -0.3 is 21.2 Å². The summed E-state index contributed by atoms with van der Waals surface area (Å²) >= 11 is 2.57. The Labute approximate surface area is 217 Å². The van der Waals surface area contributed by atoms with Crippen LogP contribution < -0.4 is 16.4 Å². The summed E-state index contributed by atoms with van der Waals surface area (Å²) in [6.45, 7) is 4.67. The largest absolute Gasteiger partial charge is 0.425 e. The van der Waals surface area contributed by atoms with Crippen LogP contribution in [0.25, 0.3) is 0 Å². The Morgan fingerprint density at radius 2 is 1.88 bits per heavy atom. The number of nitrogen functional groups attached to an aromatic ring is 1. The third-order valence-electron chi connectivity index (χ3n) is 4.05. The molecule has 1 aliphatic rings. The number of nitrogens with zero attached hydrogens (tertiary/aromatic N) is 3. The van der Waals surface area contributed by atoms with E-state index in [1.807, 2.05) is 12.3 Å². The lowest BCUT2D eigenvalue weighted by molar-refractivity contribution is -0.140. The number of aryl methyl sites for hydroxylation is 1. The van der Waals surface area contributed by atoms with E-state index in [4.69, 9.17) is 23.2 Å². The molecule has 188 valence electrons. The number of nitrogens with one attached hydrogen (secondary N) is 2. The van der Waals surface area contributed by atoms with E-state index in [0.29, 0.717) is 5.69 Å². The molecule has 2 aromatic rings. The van der Waals surface area contributed by atoms with Crippen LogP contribution in [0.1, 0.15) is 30.2 Å². The van der Waals surface area contributed by atoms with Crippen LogP contribution in [0.15, 0.2) is 15.9 Å². The van der Waals surface area contributed by atoms with Crippen LogP contribution in [-0.2, 0) is 35.4 Å². The number of amides is 2. The Hall–Kier alpha value is -2.54. The highest BCUT2D eigenvalue weighted by atomic mass is 32.2. The summed E-state index contributed by atoms with van der Waals surface area (Å²) in [7, 11) is -3.11. The number of β-lactam (4-membered cyclic amide) rings is 1. The zero-order valence-corrected chi connectivity index (χ0v) is 22.4. The Balaban J connectivity index is 0.00000168. The Morgan fingerprint density at radius 1 is 1.26 bits per heavy atom. The summed E-state index contributed by atoms with van der Waals surface area (Å²) in [5.41, 5.74) is 5.46. The van der Waals surface area contributed by atoms with Gasteiger partial charge in [0.2, 0.25) is 5.91 Å². The fourth-order valence-electron chi connectivity index (χ4n) is 2.60. The molecule has 2 aromatic heterocycles. The van der Waals surface area contributed by atoms with E-state index in [1.54, 1.807) is 6.92 Å². The monoisotopic (exact) mass is 570 g/mol. The van der Waals surface area contributed by atoms with E-state index in [-0.39, 0.29) is 61.8 Å². The van der Waals surface area contributed by atoms with Crippen molar-refractivity contribution in [1.82, 2.24) is 20.6 Å². The van der Waals surface area contributed by atoms with Crippen molar-refractivity contribution in [3.8, 4) is 0 Å². The molecule has 1 saturated heterocycles. The second-order valence-corrected chi connectivity index (χ2v) is 8.90. The lowest BCUT2D eigenvalue weighted by atomic mass is 9.80. The third kappa shape index (κ3) is 8.05. The number of oxime groups is 1. The van der Waals surface area contributed by atoms with Gasteiger partial charge in [-0.25, -0.2) is 9.97 Å². The Morgan fingerprint density at radius 3 is 2.32 bits per heavy atom. The highest BCUT2D eigenvalue weighted by molar-refractivity contribution is 7.59. The number of Topliss-reactive ketones (excluding diaryl/α,β-unsaturated/α-hetero) is 1. The van der Waals surface area contributed by atoms with Crippen molar-refractivity contribution in [2.45, 2.75) is 32.4 Å². The summed E-state index contributed by atoms with van der Waals surface area (Å²) in [6.07, 6.45) is 0. The number of hydrogen-bond acceptors (Lipinski definition) is 13. The van der Waals surface area contributed by atoms with E-state index in [0.717, 1.165) is 16.3 Å². The van der Waals surface area contributed by atoms with Gasteiger partial charge in [0.25, 0.3) is 5.91 Å².